The summed E-state index contributed by atoms with van der Waals surface area (Å²) in [4.78, 5) is 3.93. The molecule has 1 aromatic heterocycles. The minimum absolute atomic E-state index is 0.207. The molecule has 2 heterocycles. The number of aliphatic hydroxyl groups excluding tert-OH is 1. The normalized spacial score (nSPS) is 28.2. The number of hydrogen-bond acceptors (Lipinski definition) is 3. The lowest BCUT2D eigenvalue weighted by Gasteiger charge is -2.40. The molecule has 3 heteroatoms. The van der Waals surface area contributed by atoms with Gasteiger partial charge < -0.3 is 5.11 Å². The second-order valence-corrected chi connectivity index (χ2v) is 6.34. The van der Waals surface area contributed by atoms with Crippen molar-refractivity contribution in [3.05, 3.63) is 22.4 Å². The fraction of sp³-hybridized carbons (Fsp3) is 0.714. The van der Waals surface area contributed by atoms with E-state index in [4.69, 9.17) is 0 Å². The smallest absolute Gasteiger partial charge is 0.0667 e. The van der Waals surface area contributed by atoms with Crippen LogP contribution >= 0.6 is 11.3 Å². The van der Waals surface area contributed by atoms with E-state index in [0.717, 1.165) is 31.8 Å². The van der Waals surface area contributed by atoms with Gasteiger partial charge >= 0.3 is 0 Å². The van der Waals surface area contributed by atoms with Crippen LogP contribution in [0.5, 0.6) is 0 Å². The molecule has 0 radical (unpaired) electrons. The van der Waals surface area contributed by atoms with Crippen LogP contribution in [0.1, 0.15) is 31.6 Å². The van der Waals surface area contributed by atoms with Gasteiger partial charge in [-0.3, -0.25) is 4.90 Å². The Balaban J connectivity index is 1.89. The Morgan fingerprint density at radius 1 is 1.59 bits per heavy atom. The second kappa shape index (κ2) is 5.98. The van der Waals surface area contributed by atoms with Crippen molar-refractivity contribution in [2.24, 2.45) is 5.92 Å². The van der Waals surface area contributed by atoms with Gasteiger partial charge in [-0.05, 0) is 50.1 Å². The molecular formula is C14H23NOS. The Hall–Kier alpha value is -0.380. The molecule has 1 saturated heterocycles. The maximum absolute atomic E-state index is 9.88. The highest BCUT2D eigenvalue weighted by Crippen LogP contribution is 2.25. The lowest BCUT2D eigenvalue weighted by atomic mass is 9.89. The summed E-state index contributed by atoms with van der Waals surface area (Å²) in [7, 11) is 0. The van der Waals surface area contributed by atoms with Crippen molar-refractivity contribution in [2.75, 3.05) is 13.1 Å². The van der Waals surface area contributed by atoms with E-state index < -0.39 is 0 Å². The van der Waals surface area contributed by atoms with Crippen LogP contribution in [0.2, 0.25) is 0 Å². The number of nitrogens with zero attached hydrogens (tertiary/aromatic N) is 1. The molecule has 0 aromatic carbocycles. The minimum atomic E-state index is -0.207. The first-order valence-corrected chi connectivity index (χ1v) is 7.49. The molecule has 0 spiro atoms. The van der Waals surface area contributed by atoms with Gasteiger partial charge in [-0.15, -0.1) is 11.3 Å². The monoisotopic (exact) mass is 253 g/mol. The summed E-state index contributed by atoms with van der Waals surface area (Å²) in [6.07, 6.45) is 3.33. The third-order valence-electron chi connectivity index (χ3n) is 3.80. The van der Waals surface area contributed by atoms with Crippen LogP contribution in [0.4, 0.5) is 0 Å². The van der Waals surface area contributed by atoms with Crippen molar-refractivity contribution in [2.45, 2.75) is 45.3 Å². The van der Waals surface area contributed by atoms with E-state index in [1.165, 1.54) is 11.3 Å². The number of likely N-dealkylation sites (tertiary alicyclic amines) is 1. The maximum atomic E-state index is 9.88. The molecule has 0 bridgehead atoms. The van der Waals surface area contributed by atoms with Crippen LogP contribution in [-0.2, 0) is 6.42 Å². The van der Waals surface area contributed by atoms with E-state index in [1.54, 1.807) is 0 Å². The molecule has 0 aliphatic carbocycles. The molecule has 2 nitrogen and oxygen atoms in total. The summed E-state index contributed by atoms with van der Waals surface area (Å²) in [6, 6.07) is 4.68. The number of piperidine rings is 1. The Bertz CT molecular complexity index is 323. The molecule has 0 unspecified atom stereocenters. The third kappa shape index (κ3) is 3.54. The molecule has 1 aromatic rings. The van der Waals surface area contributed by atoms with E-state index in [2.05, 4.69) is 29.3 Å². The summed E-state index contributed by atoms with van der Waals surface area (Å²) in [5, 5.41) is 12.0. The van der Waals surface area contributed by atoms with Crippen molar-refractivity contribution in [3.8, 4) is 0 Å². The van der Waals surface area contributed by atoms with Crippen molar-refractivity contribution in [1.82, 2.24) is 4.90 Å². The van der Waals surface area contributed by atoms with Crippen LogP contribution in [-0.4, -0.2) is 35.2 Å². The fourth-order valence-electron chi connectivity index (χ4n) is 2.72. The van der Waals surface area contributed by atoms with Crippen LogP contribution in [0.25, 0.3) is 0 Å². The molecule has 17 heavy (non-hydrogen) atoms. The average Bonchev–Trinajstić information content (AvgIpc) is 2.80. The zero-order valence-corrected chi connectivity index (χ0v) is 11.6. The Morgan fingerprint density at radius 3 is 3.06 bits per heavy atom. The van der Waals surface area contributed by atoms with Crippen LogP contribution in [0, 0.1) is 5.92 Å². The summed E-state index contributed by atoms with van der Waals surface area (Å²) in [5.41, 5.74) is 0. The number of hydrogen-bond donors (Lipinski definition) is 1. The first-order chi connectivity index (χ1) is 8.16. The number of aliphatic hydroxyl groups is 1. The first-order valence-electron chi connectivity index (χ1n) is 6.61. The predicted octanol–water partition coefficient (Wildman–Crippen LogP) is 2.77. The second-order valence-electron chi connectivity index (χ2n) is 5.30. The molecule has 0 amide bonds. The van der Waals surface area contributed by atoms with Crippen molar-refractivity contribution in [1.29, 1.82) is 0 Å². The molecule has 1 aliphatic rings. The van der Waals surface area contributed by atoms with Crippen LogP contribution in [0.3, 0.4) is 0 Å². The van der Waals surface area contributed by atoms with Crippen molar-refractivity contribution >= 4 is 11.3 Å². The SMILES string of the molecule is C[C@@H]1CCN(CCc2cccs2)[C@@H]([C@@H](C)O)C1. The highest BCUT2D eigenvalue weighted by atomic mass is 32.1. The molecule has 3 atom stereocenters. The van der Waals surface area contributed by atoms with Gasteiger partial charge in [0.2, 0.25) is 0 Å². The molecule has 2 rings (SSSR count). The Kier molecular flexibility index (Phi) is 4.60. The highest BCUT2D eigenvalue weighted by molar-refractivity contribution is 7.09. The van der Waals surface area contributed by atoms with Gasteiger partial charge in [0, 0.05) is 17.5 Å². The Labute approximate surface area is 108 Å². The van der Waals surface area contributed by atoms with Gasteiger partial charge in [-0.2, -0.15) is 0 Å². The third-order valence-corrected chi connectivity index (χ3v) is 4.74. The van der Waals surface area contributed by atoms with E-state index in [0.29, 0.717) is 6.04 Å². The van der Waals surface area contributed by atoms with Crippen molar-refractivity contribution in [3.63, 3.8) is 0 Å². The zero-order valence-electron chi connectivity index (χ0n) is 10.8. The van der Waals surface area contributed by atoms with E-state index in [1.807, 2.05) is 18.3 Å². The van der Waals surface area contributed by atoms with Gasteiger partial charge in [0.1, 0.15) is 0 Å². The van der Waals surface area contributed by atoms with Gasteiger partial charge in [-0.1, -0.05) is 13.0 Å². The standard InChI is InChI=1S/C14H23NOS/c1-11-5-7-15(14(10-11)12(2)16)8-6-13-4-3-9-17-13/h3-4,9,11-12,14,16H,5-8,10H2,1-2H3/t11-,12-,14-/m1/s1. The topological polar surface area (TPSA) is 23.5 Å². The van der Waals surface area contributed by atoms with Gasteiger partial charge in [0.15, 0.2) is 0 Å². The lowest BCUT2D eigenvalue weighted by Crippen LogP contribution is -2.48. The predicted molar refractivity (Wildman–Crippen MR) is 73.5 cm³/mol. The van der Waals surface area contributed by atoms with E-state index >= 15 is 0 Å². The molecule has 96 valence electrons. The molecule has 0 saturated carbocycles. The first kappa shape index (κ1) is 13.1. The summed E-state index contributed by atoms with van der Waals surface area (Å²) in [6.45, 7) is 6.46. The Morgan fingerprint density at radius 2 is 2.41 bits per heavy atom. The largest absolute Gasteiger partial charge is 0.392 e. The van der Waals surface area contributed by atoms with Crippen LogP contribution < -0.4 is 0 Å². The molecule has 1 N–H and O–H groups in total. The average molecular weight is 253 g/mol. The van der Waals surface area contributed by atoms with E-state index in [-0.39, 0.29) is 6.10 Å². The van der Waals surface area contributed by atoms with Gasteiger partial charge in [0.25, 0.3) is 0 Å². The van der Waals surface area contributed by atoms with E-state index in [9.17, 15) is 5.11 Å². The quantitative estimate of drug-likeness (QED) is 0.892. The summed E-state index contributed by atoms with van der Waals surface area (Å²) in [5.74, 6) is 0.757. The summed E-state index contributed by atoms with van der Waals surface area (Å²) >= 11 is 1.83. The molecule has 1 fully saturated rings. The number of rotatable bonds is 4. The van der Waals surface area contributed by atoms with Crippen molar-refractivity contribution < 1.29 is 5.11 Å². The lowest BCUT2D eigenvalue weighted by molar-refractivity contribution is 0.0219. The summed E-state index contributed by atoms with van der Waals surface area (Å²) < 4.78 is 0. The van der Waals surface area contributed by atoms with Gasteiger partial charge in [-0.25, -0.2) is 0 Å². The zero-order chi connectivity index (χ0) is 12.3. The van der Waals surface area contributed by atoms with Crippen LogP contribution in [0.15, 0.2) is 17.5 Å². The number of thiophene rings is 1. The molecule has 1 aliphatic heterocycles. The fourth-order valence-corrected chi connectivity index (χ4v) is 3.42. The molecular weight excluding hydrogens is 230 g/mol. The minimum Gasteiger partial charge on any atom is -0.392 e. The van der Waals surface area contributed by atoms with Gasteiger partial charge in [0.05, 0.1) is 6.10 Å². The highest BCUT2D eigenvalue weighted by Gasteiger charge is 2.29. The maximum Gasteiger partial charge on any atom is 0.0667 e.